The fourth-order valence-corrected chi connectivity index (χ4v) is 5.20. The van der Waals surface area contributed by atoms with Crippen LogP contribution in [0.2, 0.25) is 0 Å². The summed E-state index contributed by atoms with van der Waals surface area (Å²) in [7, 11) is -0.510. The number of imidazole rings is 1. The van der Waals surface area contributed by atoms with E-state index in [1.165, 1.54) is 25.1 Å². The number of nitrogens with zero attached hydrogens (tertiary/aromatic N) is 3. The van der Waals surface area contributed by atoms with E-state index in [1.54, 1.807) is 6.92 Å². The third-order valence-electron chi connectivity index (χ3n) is 5.38. The van der Waals surface area contributed by atoms with Gasteiger partial charge in [0.1, 0.15) is 28.9 Å². The van der Waals surface area contributed by atoms with Gasteiger partial charge in [0.15, 0.2) is 0 Å². The van der Waals surface area contributed by atoms with Crippen molar-refractivity contribution in [1.82, 2.24) is 19.2 Å². The zero-order valence-corrected chi connectivity index (χ0v) is 23.6. The van der Waals surface area contributed by atoms with Crippen LogP contribution in [-0.4, -0.2) is 72.4 Å². The van der Waals surface area contributed by atoms with Crippen LogP contribution in [0.1, 0.15) is 26.1 Å². The number of aliphatic carboxylic acids is 1. The fourth-order valence-electron chi connectivity index (χ4n) is 3.92. The topological polar surface area (TPSA) is 160 Å². The van der Waals surface area contributed by atoms with Gasteiger partial charge in [0.05, 0.1) is 36.6 Å². The predicted octanol–water partition coefficient (Wildman–Crippen LogP) is 2.27. The van der Waals surface area contributed by atoms with E-state index >= 15 is 0 Å². The number of amides is 1. The Kier molecular flexibility index (Phi) is 11.0. The van der Waals surface area contributed by atoms with Gasteiger partial charge in [-0.05, 0) is 45.3 Å². The van der Waals surface area contributed by atoms with Crippen molar-refractivity contribution in [2.75, 3.05) is 19.4 Å². The number of fused-ring (bicyclic) bond motifs is 1. The van der Waals surface area contributed by atoms with Gasteiger partial charge in [-0.2, -0.15) is 0 Å². The number of sulfonamides is 1. The molecule has 1 amide bonds. The van der Waals surface area contributed by atoms with Crippen LogP contribution in [0.4, 0.5) is 5.69 Å². The first-order valence-corrected chi connectivity index (χ1v) is 13.2. The largest absolute Gasteiger partial charge is 0.487 e. The highest BCUT2D eigenvalue weighted by Gasteiger charge is 2.26. The summed E-state index contributed by atoms with van der Waals surface area (Å²) in [5, 5.41) is 11.6. The minimum absolute atomic E-state index is 0. The van der Waals surface area contributed by atoms with Crippen molar-refractivity contribution in [1.29, 1.82) is 0 Å². The summed E-state index contributed by atoms with van der Waals surface area (Å²) in [4.78, 5) is 40.3. The second kappa shape index (κ2) is 13.5. The predicted molar refractivity (Wildman–Crippen MR) is 148 cm³/mol. The summed E-state index contributed by atoms with van der Waals surface area (Å²) in [6, 6.07) is 10.1. The molecule has 0 bridgehead atoms. The second-order valence-corrected chi connectivity index (χ2v) is 10.8. The highest BCUT2D eigenvalue weighted by Crippen LogP contribution is 2.29. The monoisotopic (exact) mass is 581 g/mol. The molecule has 0 aliphatic carbocycles. The third-order valence-corrected chi connectivity index (χ3v) is 6.91. The number of anilines is 1. The number of carbonyl (C=O) groups excluding carboxylic acids is 2. The molecule has 12 nitrogen and oxygen atoms in total. The van der Waals surface area contributed by atoms with Crippen molar-refractivity contribution in [3.05, 3.63) is 48.3 Å². The summed E-state index contributed by atoms with van der Waals surface area (Å²) in [6.07, 6.45) is -1.06. The molecule has 0 aliphatic rings. The van der Waals surface area contributed by atoms with Crippen LogP contribution in [-0.2, 0) is 37.5 Å². The number of halogens is 1. The molecule has 212 valence electrons. The van der Waals surface area contributed by atoms with Crippen molar-refractivity contribution in [2.24, 2.45) is 0 Å². The maximum Gasteiger partial charge on any atom is 0.305 e. The molecule has 0 saturated carbocycles. The minimum atomic E-state index is -4.37. The lowest BCUT2D eigenvalue weighted by molar-refractivity contribution is -0.138. The molecule has 0 aliphatic heterocycles. The summed E-state index contributed by atoms with van der Waals surface area (Å²) in [5.41, 5.74) is 2.01. The van der Waals surface area contributed by atoms with Gasteiger partial charge in [-0.3, -0.25) is 9.59 Å². The van der Waals surface area contributed by atoms with Crippen molar-refractivity contribution >= 4 is 57.3 Å². The number of nitrogens with one attached hydrogen (secondary N) is 2. The molecule has 3 rings (SSSR count). The molecule has 1 unspecified atom stereocenters. The molecule has 3 N–H and O–H groups in total. The van der Waals surface area contributed by atoms with Gasteiger partial charge >= 0.3 is 5.97 Å². The molecule has 0 spiro atoms. The lowest BCUT2D eigenvalue weighted by Gasteiger charge is -2.21. The summed E-state index contributed by atoms with van der Waals surface area (Å²) in [5.74, 6) is -0.971. The zero-order chi connectivity index (χ0) is 28.0. The zero-order valence-electron chi connectivity index (χ0n) is 21.9. The van der Waals surface area contributed by atoms with Gasteiger partial charge in [-0.25, -0.2) is 18.1 Å². The van der Waals surface area contributed by atoms with Gasteiger partial charge in [-0.1, -0.05) is 12.1 Å². The number of hydrogen-bond donors (Lipinski definition) is 3. The average molecular weight is 582 g/mol. The molecule has 1 heterocycles. The molecular formula is C25H32ClN5O7S. The Morgan fingerprint density at radius 1 is 1.21 bits per heavy atom. The standard InChI is InChI=1S/C25H31N5O7S.ClH/c1-16(13-30-21-8-6-5-7-20(21)27-24(30)14-29(3)4)37-22-11-18(26-17(2)32)9-10-23(22)38(35,36)28-19(15-31)12-25(33)34;/h5-11,15-16,19,28H,12-14H2,1-4H3,(H,26,32)(H,33,34);1H/t16-,19?;/m1./s1. The molecule has 0 radical (unpaired) electrons. The van der Waals surface area contributed by atoms with Crippen molar-refractivity contribution in [3.8, 4) is 5.75 Å². The summed E-state index contributed by atoms with van der Waals surface area (Å²) >= 11 is 0. The van der Waals surface area contributed by atoms with Crippen LogP contribution >= 0.6 is 12.4 Å². The molecule has 14 heteroatoms. The maximum atomic E-state index is 13.1. The van der Waals surface area contributed by atoms with E-state index < -0.39 is 34.6 Å². The number of hydrogen-bond acceptors (Lipinski definition) is 8. The summed E-state index contributed by atoms with van der Waals surface area (Å²) in [6.45, 7) is 3.98. The highest BCUT2D eigenvalue weighted by molar-refractivity contribution is 7.89. The maximum absolute atomic E-state index is 13.1. The molecular weight excluding hydrogens is 550 g/mol. The number of carboxylic acid groups (broad SMARTS) is 1. The van der Waals surface area contributed by atoms with E-state index in [2.05, 4.69) is 10.0 Å². The highest BCUT2D eigenvalue weighted by atomic mass is 35.5. The number of rotatable bonds is 13. The van der Waals surface area contributed by atoms with Crippen molar-refractivity contribution in [3.63, 3.8) is 0 Å². The fraction of sp³-hybridized carbons (Fsp3) is 0.360. The Labute approximate surface area is 232 Å². The van der Waals surface area contributed by atoms with Crippen molar-refractivity contribution < 1.29 is 32.6 Å². The molecule has 2 atom stereocenters. The van der Waals surface area contributed by atoms with E-state index in [4.69, 9.17) is 14.8 Å². The first kappa shape index (κ1) is 31.7. The van der Waals surface area contributed by atoms with E-state index in [0.717, 1.165) is 16.9 Å². The third kappa shape index (κ3) is 8.48. The van der Waals surface area contributed by atoms with Crippen LogP contribution < -0.4 is 14.8 Å². The quantitative estimate of drug-likeness (QED) is 0.257. The number of benzene rings is 2. The number of para-hydroxylation sites is 2. The van der Waals surface area contributed by atoms with Crippen LogP contribution in [0.25, 0.3) is 11.0 Å². The number of aldehydes is 1. The van der Waals surface area contributed by atoms with Crippen molar-refractivity contribution in [2.45, 2.75) is 50.4 Å². The number of ether oxygens (including phenoxy) is 1. The number of carboxylic acids is 1. The Bertz CT molecular complexity index is 1440. The lowest BCUT2D eigenvalue weighted by atomic mass is 10.2. The lowest BCUT2D eigenvalue weighted by Crippen LogP contribution is -2.38. The molecule has 2 aromatic carbocycles. The van der Waals surface area contributed by atoms with E-state index in [1.807, 2.05) is 47.8 Å². The number of aromatic nitrogens is 2. The normalized spacial score (nSPS) is 12.9. The molecule has 1 aromatic heterocycles. The first-order chi connectivity index (χ1) is 17.9. The second-order valence-electron chi connectivity index (χ2n) is 9.10. The van der Waals surface area contributed by atoms with E-state index in [0.29, 0.717) is 18.8 Å². The van der Waals surface area contributed by atoms with Gasteiger partial charge in [0.25, 0.3) is 0 Å². The SMILES string of the molecule is CC(=O)Nc1ccc(S(=O)(=O)NC(C=O)CC(=O)O)c(O[C@H](C)Cn2c(CN(C)C)nc3ccccc32)c1.Cl. The summed E-state index contributed by atoms with van der Waals surface area (Å²) < 4.78 is 36.5. The molecule has 0 fully saturated rings. The first-order valence-electron chi connectivity index (χ1n) is 11.8. The van der Waals surface area contributed by atoms with E-state index in [-0.39, 0.29) is 35.2 Å². The minimum Gasteiger partial charge on any atom is -0.487 e. The molecule has 39 heavy (non-hydrogen) atoms. The smallest absolute Gasteiger partial charge is 0.305 e. The van der Waals surface area contributed by atoms with Gasteiger partial charge in [-0.15, -0.1) is 12.4 Å². The Balaban J connectivity index is 0.00000533. The average Bonchev–Trinajstić information content (AvgIpc) is 3.13. The van der Waals surface area contributed by atoms with Gasteiger partial charge in [0.2, 0.25) is 15.9 Å². The Morgan fingerprint density at radius 2 is 1.90 bits per heavy atom. The van der Waals surface area contributed by atoms with Crippen LogP contribution in [0.15, 0.2) is 47.4 Å². The van der Waals surface area contributed by atoms with Crippen LogP contribution in [0, 0.1) is 0 Å². The Morgan fingerprint density at radius 3 is 2.51 bits per heavy atom. The Hall–Kier alpha value is -3.52. The van der Waals surface area contributed by atoms with Gasteiger partial charge in [0, 0.05) is 18.7 Å². The van der Waals surface area contributed by atoms with Crippen LogP contribution in [0.5, 0.6) is 5.75 Å². The van der Waals surface area contributed by atoms with Crippen LogP contribution in [0.3, 0.4) is 0 Å². The molecule has 0 saturated heterocycles. The molecule has 3 aromatic rings. The van der Waals surface area contributed by atoms with Gasteiger partial charge < -0.3 is 29.4 Å². The number of carbonyl (C=O) groups is 3. The van der Waals surface area contributed by atoms with E-state index in [9.17, 15) is 22.8 Å².